The highest BCUT2D eigenvalue weighted by atomic mass is 14.3. The lowest BCUT2D eigenvalue weighted by Crippen LogP contribution is -2.16. The lowest BCUT2D eigenvalue weighted by molar-refractivity contribution is 0.506. The van der Waals surface area contributed by atoms with E-state index in [1.807, 2.05) is 0 Å². The molecule has 0 aliphatic carbocycles. The van der Waals surface area contributed by atoms with Gasteiger partial charge in [-0.3, -0.25) is 0 Å². The fourth-order valence-electron chi connectivity index (χ4n) is 3.43. The van der Waals surface area contributed by atoms with Crippen molar-refractivity contribution in [3.05, 3.63) is 71.8 Å². The summed E-state index contributed by atoms with van der Waals surface area (Å²) in [6, 6.07) is 22.7. The Labute approximate surface area is 159 Å². The monoisotopic (exact) mass is 344 g/mol. The lowest BCUT2D eigenvalue weighted by atomic mass is 9.78. The molecule has 0 aromatic heterocycles. The van der Waals surface area contributed by atoms with E-state index in [4.69, 9.17) is 0 Å². The van der Waals surface area contributed by atoms with Gasteiger partial charge in [-0.15, -0.1) is 0 Å². The highest BCUT2D eigenvalue weighted by Crippen LogP contribution is 2.38. The van der Waals surface area contributed by atoms with Gasteiger partial charge in [0.25, 0.3) is 0 Å². The third-order valence-electron chi connectivity index (χ3n) is 6.37. The van der Waals surface area contributed by atoms with Crippen LogP contribution in [0.2, 0.25) is 0 Å². The zero-order chi connectivity index (χ0) is 18.9. The molecular weight excluding hydrogens is 312 g/mol. The minimum atomic E-state index is 0.180. The maximum absolute atomic E-state index is 2.42. The van der Waals surface area contributed by atoms with Crippen LogP contribution in [0, 0.1) is 0 Å². The second kappa shape index (κ2) is 6.91. The van der Waals surface area contributed by atoms with Crippen LogP contribution in [-0.4, -0.2) is 0 Å². The smallest absolute Gasteiger partial charge is 0.0102 e. The molecule has 3 aromatic carbocycles. The summed E-state index contributed by atoms with van der Waals surface area (Å²) in [4.78, 5) is 0. The van der Waals surface area contributed by atoms with Crippen LogP contribution < -0.4 is 0 Å². The molecule has 26 heavy (non-hydrogen) atoms. The van der Waals surface area contributed by atoms with Crippen LogP contribution in [0.4, 0.5) is 0 Å². The van der Waals surface area contributed by atoms with Crippen molar-refractivity contribution in [3.63, 3.8) is 0 Å². The zero-order valence-corrected chi connectivity index (χ0v) is 17.2. The molecule has 0 radical (unpaired) electrons. The quantitative estimate of drug-likeness (QED) is 0.441. The molecule has 0 bridgehead atoms. The largest absolute Gasteiger partial charge is 0.0646 e. The molecule has 0 N–H and O–H groups in total. The summed E-state index contributed by atoms with van der Waals surface area (Å²) < 4.78 is 0. The number of fused-ring (bicyclic) bond motifs is 1. The standard InChI is InChI=1S/C26H32/c1-7-25(3,4)21-15-14-20-16-22(26(5,6)8-2)18-23(24(20)17-21)19-12-10-9-11-13-19/h9-18H,7-8H2,1-6H3. The summed E-state index contributed by atoms with van der Waals surface area (Å²) in [5.41, 5.74) is 5.88. The van der Waals surface area contributed by atoms with Crippen LogP contribution in [0.5, 0.6) is 0 Å². The summed E-state index contributed by atoms with van der Waals surface area (Å²) in [6.07, 6.45) is 2.27. The van der Waals surface area contributed by atoms with E-state index in [1.54, 1.807) is 0 Å². The Bertz CT molecular complexity index is 898. The van der Waals surface area contributed by atoms with E-state index < -0.39 is 0 Å². The van der Waals surface area contributed by atoms with Crippen molar-refractivity contribution in [2.24, 2.45) is 0 Å². The Kier molecular flexibility index (Phi) is 4.97. The molecule has 0 heteroatoms. The van der Waals surface area contributed by atoms with E-state index in [2.05, 4.69) is 102 Å². The van der Waals surface area contributed by atoms with Gasteiger partial charge in [-0.25, -0.2) is 0 Å². The first-order valence-corrected chi connectivity index (χ1v) is 9.92. The molecule has 136 valence electrons. The normalized spacial score (nSPS) is 12.5. The highest BCUT2D eigenvalue weighted by molar-refractivity contribution is 5.98. The number of benzene rings is 3. The van der Waals surface area contributed by atoms with Gasteiger partial charge in [0.1, 0.15) is 0 Å². The van der Waals surface area contributed by atoms with E-state index in [1.165, 1.54) is 33.0 Å². The minimum Gasteiger partial charge on any atom is -0.0646 e. The lowest BCUT2D eigenvalue weighted by Gasteiger charge is -2.27. The molecule has 0 unspecified atom stereocenters. The van der Waals surface area contributed by atoms with Gasteiger partial charge in [0.15, 0.2) is 0 Å². The molecule has 0 aliphatic rings. The van der Waals surface area contributed by atoms with Gasteiger partial charge in [0.05, 0.1) is 0 Å². The van der Waals surface area contributed by atoms with Crippen LogP contribution in [0.25, 0.3) is 21.9 Å². The fourth-order valence-corrected chi connectivity index (χ4v) is 3.43. The average Bonchev–Trinajstić information content (AvgIpc) is 2.67. The number of hydrogen-bond acceptors (Lipinski definition) is 0. The van der Waals surface area contributed by atoms with Crippen LogP contribution in [0.1, 0.15) is 65.5 Å². The molecule has 3 aromatic rings. The van der Waals surface area contributed by atoms with Crippen molar-refractivity contribution in [2.45, 2.75) is 65.2 Å². The summed E-state index contributed by atoms with van der Waals surface area (Å²) in [5.74, 6) is 0. The topological polar surface area (TPSA) is 0 Å². The fraction of sp³-hybridized carbons (Fsp3) is 0.385. The van der Waals surface area contributed by atoms with Crippen molar-refractivity contribution in [1.29, 1.82) is 0 Å². The van der Waals surface area contributed by atoms with E-state index >= 15 is 0 Å². The molecule has 3 rings (SSSR count). The molecule has 0 saturated heterocycles. The molecular formula is C26H32. The molecule has 0 spiro atoms. The van der Waals surface area contributed by atoms with Crippen LogP contribution in [0.3, 0.4) is 0 Å². The maximum Gasteiger partial charge on any atom is -0.0102 e. The molecule has 0 atom stereocenters. The van der Waals surface area contributed by atoms with Crippen molar-refractivity contribution in [2.75, 3.05) is 0 Å². The van der Waals surface area contributed by atoms with Crippen LogP contribution >= 0.6 is 0 Å². The van der Waals surface area contributed by atoms with E-state index in [0.717, 1.165) is 12.8 Å². The predicted octanol–water partition coefficient (Wildman–Crippen LogP) is 7.88. The van der Waals surface area contributed by atoms with Crippen LogP contribution in [-0.2, 0) is 10.8 Å². The summed E-state index contributed by atoms with van der Waals surface area (Å²) >= 11 is 0. The number of rotatable bonds is 5. The Hall–Kier alpha value is -2.08. The Morgan fingerprint density at radius 3 is 1.88 bits per heavy atom. The maximum atomic E-state index is 2.42. The van der Waals surface area contributed by atoms with Crippen molar-refractivity contribution in [1.82, 2.24) is 0 Å². The number of hydrogen-bond donors (Lipinski definition) is 0. The molecule has 0 aliphatic heterocycles. The second-order valence-electron chi connectivity index (χ2n) is 8.80. The summed E-state index contributed by atoms with van der Waals surface area (Å²) in [6.45, 7) is 13.9. The third-order valence-corrected chi connectivity index (χ3v) is 6.37. The third kappa shape index (κ3) is 3.43. The van der Waals surface area contributed by atoms with Crippen molar-refractivity contribution >= 4 is 10.8 Å². The van der Waals surface area contributed by atoms with Gasteiger partial charge in [0, 0.05) is 0 Å². The molecule has 0 amide bonds. The van der Waals surface area contributed by atoms with Gasteiger partial charge in [-0.1, -0.05) is 90.1 Å². The molecule has 0 fully saturated rings. The Balaban J connectivity index is 2.32. The van der Waals surface area contributed by atoms with E-state index in [-0.39, 0.29) is 10.8 Å². The predicted molar refractivity (Wildman–Crippen MR) is 116 cm³/mol. The first-order valence-electron chi connectivity index (χ1n) is 9.92. The van der Waals surface area contributed by atoms with Crippen molar-refractivity contribution < 1.29 is 0 Å². The van der Waals surface area contributed by atoms with Gasteiger partial charge in [-0.2, -0.15) is 0 Å². The van der Waals surface area contributed by atoms with Gasteiger partial charge < -0.3 is 0 Å². The second-order valence-corrected chi connectivity index (χ2v) is 8.80. The van der Waals surface area contributed by atoms with Crippen molar-refractivity contribution in [3.8, 4) is 11.1 Å². The van der Waals surface area contributed by atoms with Crippen LogP contribution in [0.15, 0.2) is 60.7 Å². The Morgan fingerprint density at radius 1 is 0.654 bits per heavy atom. The molecule has 0 nitrogen and oxygen atoms in total. The first kappa shape index (κ1) is 18.7. The first-order chi connectivity index (χ1) is 12.3. The van der Waals surface area contributed by atoms with E-state index in [0.29, 0.717) is 0 Å². The highest BCUT2D eigenvalue weighted by Gasteiger charge is 2.22. The van der Waals surface area contributed by atoms with Gasteiger partial charge >= 0.3 is 0 Å². The molecule has 0 heterocycles. The summed E-state index contributed by atoms with van der Waals surface area (Å²) in [7, 11) is 0. The summed E-state index contributed by atoms with van der Waals surface area (Å²) in [5, 5.41) is 2.71. The average molecular weight is 345 g/mol. The van der Waals surface area contributed by atoms with Gasteiger partial charge in [0.2, 0.25) is 0 Å². The molecule has 0 saturated carbocycles. The zero-order valence-electron chi connectivity index (χ0n) is 17.2. The SMILES string of the molecule is CCC(C)(C)c1cc(-c2ccccc2)c2cc(C(C)(C)CC)ccc2c1. The Morgan fingerprint density at radius 2 is 1.27 bits per heavy atom. The minimum absolute atomic E-state index is 0.180. The van der Waals surface area contributed by atoms with Gasteiger partial charge in [-0.05, 0) is 68.8 Å². The van der Waals surface area contributed by atoms with E-state index in [9.17, 15) is 0 Å².